The summed E-state index contributed by atoms with van der Waals surface area (Å²) in [5.74, 6) is 0.424. The maximum atomic E-state index is 12.9. The lowest BCUT2D eigenvalue weighted by molar-refractivity contribution is -0.221. The monoisotopic (exact) mass is 409 g/mol. The Bertz CT molecular complexity index is 838. The number of hydrogen-bond acceptors (Lipinski definition) is 4. The van der Waals surface area contributed by atoms with Crippen molar-refractivity contribution in [2.24, 2.45) is 0 Å². The van der Waals surface area contributed by atoms with Crippen LogP contribution in [0.5, 0.6) is 0 Å². The number of rotatable bonds is 6. The SMILES string of the molecule is CC(C)(c1ccc(Nc2nn(C3CCCCC3)cc2C=O)cc1)C(O)C(F)(F)F. The van der Waals surface area contributed by atoms with Crippen molar-refractivity contribution in [1.29, 1.82) is 0 Å². The number of aliphatic hydroxyl groups is 1. The summed E-state index contributed by atoms with van der Waals surface area (Å²) in [6.07, 6.45) is 0.876. The van der Waals surface area contributed by atoms with Crippen LogP contribution >= 0.6 is 0 Å². The van der Waals surface area contributed by atoms with Gasteiger partial charge in [-0.25, -0.2) is 0 Å². The lowest BCUT2D eigenvalue weighted by Gasteiger charge is -2.32. The zero-order valence-corrected chi connectivity index (χ0v) is 16.5. The summed E-state index contributed by atoms with van der Waals surface area (Å²) in [6, 6.07) is 6.60. The van der Waals surface area contributed by atoms with E-state index in [0.29, 0.717) is 22.6 Å². The van der Waals surface area contributed by atoms with E-state index in [0.717, 1.165) is 32.0 Å². The third kappa shape index (κ3) is 4.63. The Morgan fingerprint density at radius 2 is 1.79 bits per heavy atom. The average molecular weight is 409 g/mol. The van der Waals surface area contributed by atoms with Gasteiger partial charge in [-0.15, -0.1) is 0 Å². The predicted octanol–water partition coefficient (Wildman–Crippen LogP) is 5.15. The van der Waals surface area contributed by atoms with E-state index in [9.17, 15) is 23.1 Å². The Kier molecular flexibility index (Phi) is 6.03. The van der Waals surface area contributed by atoms with Crippen LogP contribution < -0.4 is 5.32 Å². The van der Waals surface area contributed by atoms with Gasteiger partial charge in [-0.1, -0.05) is 45.2 Å². The van der Waals surface area contributed by atoms with Crippen LogP contribution in [0.15, 0.2) is 30.5 Å². The minimum Gasteiger partial charge on any atom is -0.383 e. The van der Waals surface area contributed by atoms with Crippen LogP contribution in [0, 0.1) is 0 Å². The van der Waals surface area contributed by atoms with Gasteiger partial charge in [0.1, 0.15) is 0 Å². The number of carbonyl (C=O) groups excluding carboxylic acids is 1. The summed E-state index contributed by atoms with van der Waals surface area (Å²) < 4.78 is 40.6. The molecule has 0 amide bonds. The van der Waals surface area contributed by atoms with E-state index in [2.05, 4.69) is 10.4 Å². The molecule has 1 fully saturated rings. The van der Waals surface area contributed by atoms with Gasteiger partial charge in [-0.2, -0.15) is 18.3 Å². The summed E-state index contributed by atoms with van der Waals surface area (Å²) in [7, 11) is 0. The Balaban J connectivity index is 1.77. The van der Waals surface area contributed by atoms with Crippen LogP contribution in [0.1, 0.15) is 67.9 Å². The zero-order valence-electron chi connectivity index (χ0n) is 16.5. The molecule has 1 aliphatic carbocycles. The molecule has 0 radical (unpaired) electrons. The number of nitrogens with one attached hydrogen (secondary N) is 1. The van der Waals surface area contributed by atoms with Crippen LogP contribution in [0.2, 0.25) is 0 Å². The van der Waals surface area contributed by atoms with E-state index in [1.807, 2.05) is 4.68 Å². The highest BCUT2D eigenvalue weighted by Gasteiger charge is 2.48. The molecule has 5 nitrogen and oxygen atoms in total. The minimum atomic E-state index is -4.70. The molecule has 1 unspecified atom stereocenters. The van der Waals surface area contributed by atoms with Gasteiger partial charge in [0, 0.05) is 17.3 Å². The van der Waals surface area contributed by atoms with Crippen molar-refractivity contribution in [3.8, 4) is 0 Å². The number of aromatic nitrogens is 2. The highest BCUT2D eigenvalue weighted by Crippen LogP contribution is 2.37. The highest BCUT2D eigenvalue weighted by molar-refractivity contribution is 5.83. The summed E-state index contributed by atoms with van der Waals surface area (Å²) in [5.41, 5.74) is -0.0976. The molecule has 1 heterocycles. The molecule has 158 valence electrons. The Morgan fingerprint density at radius 3 is 2.34 bits per heavy atom. The van der Waals surface area contributed by atoms with Crippen LogP contribution in [-0.4, -0.2) is 33.5 Å². The van der Waals surface area contributed by atoms with E-state index in [-0.39, 0.29) is 6.04 Å². The highest BCUT2D eigenvalue weighted by atomic mass is 19.4. The predicted molar refractivity (Wildman–Crippen MR) is 105 cm³/mol. The molecule has 3 rings (SSSR count). The van der Waals surface area contributed by atoms with Crippen LogP contribution in [0.3, 0.4) is 0 Å². The van der Waals surface area contributed by atoms with Gasteiger partial charge < -0.3 is 10.4 Å². The molecule has 1 aromatic carbocycles. The first kappa shape index (κ1) is 21.4. The third-order valence-corrected chi connectivity index (χ3v) is 5.72. The number of halogens is 3. The van der Waals surface area contributed by atoms with Gasteiger partial charge in [0.25, 0.3) is 0 Å². The average Bonchev–Trinajstić information content (AvgIpc) is 3.10. The number of benzene rings is 1. The van der Waals surface area contributed by atoms with Gasteiger partial charge in [0.05, 0.1) is 11.6 Å². The second kappa shape index (κ2) is 8.18. The van der Waals surface area contributed by atoms with Crippen molar-refractivity contribution in [2.75, 3.05) is 5.32 Å². The van der Waals surface area contributed by atoms with E-state index in [1.54, 1.807) is 18.3 Å². The van der Waals surface area contributed by atoms with Crippen molar-refractivity contribution in [3.05, 3.63) is 41.6 Å². The van der Waals surface area contributed by atoms with E-state index < -0.39 is 17.7 Å². The van der Waals surface area contributed by atoms with Gasteiger partial charge in [0.2, 0.25) is 0 Å². The maximum Gasteiger partial charge on any atom is 0.415 e. The van der Waals surface area contributed by atoms with E-state index >= 15 is 0 Å². The molecule has 0 bridgehead atoms. The first-order valence-electron chi connectivity index (χ1n) is 9.79. The zero-order chi connectivity index (χ0) is 21.2. The number of hydrogen-bond donors (Lipinski definition) is 2. The van der Waals surface area contributed by atoms with Gasteiger partial charge in [-0.3, -0.25) is 9.48 Å². The Hall–Kier alpha value is -2.35. The lowest BCUT2D eigenvalue weighted by Crippen LogP contribution is -2.44. The quantitative estimate of drug-likeness (QED) is 0.648. The number of carbonyl (C=O) groups is 1. The standard InChI is InChI=1S/C21H26F3N3O2/c1-20(2,19(29)21(22,23)24)15-8-10-16(11-9-15)25-18-14(13-28)12-27(26-18)17-6-4-3-5-7-17/h8-13,17,19,29H,3-7H2,1-2H3,(H,25,26). The second-order valence-electron chi connectivity index (χ2n) is 8.19. The number of anilines is 2. The molecule has 0 aliphatic heterocycles. The van der Waals surface area contributed by atoms with Gasteiger partial charge in [0.15, 0.2) is 18.2 Å². The molecule has 1 saturated carbocycles. The first-order chi connectivity index (χ1) is 13.6. The molecule has 8 heteroatoms. The number of nitrogens with zero attached hydrogens (tertiary/aromatic N) is 2. The molecule has 0 spiro atoms. The summed E-state index contributed by atoms with van der Waals surface area (Å²) in [4.78, 5) is 11.4. The van der Waals surface area contributed by atoms with Crippen molar-refractivity contribution in [1.82, 2.24) is 9.78 Å². The van der Waals surface area contributed by atoms with Crippen molar-refractivity contribution in [3.63, 3.8) is 0 Å². The van der Waals surface area contributed by atoms with Crippen LogP contribution in [-0.2, 0) is 5.41 Å². The molecule has 2 N–H and O–H groups in total. The Labute approximate surface area is 167 Å². The topological polar surface area (TPSA) is 67.2 Å². The molecule has 1 aromatic heterocycles. The molecule has 29 heavy (non-hydrogen) atoms. The Morgan fingerprint density at radius 1 is 1.17 bits per heavy atom. The summed E-state index contributed by atoms with van der Waals surface area (Å²) in [6.45, 7) is 2.70. The third-order valence-electron chi connectivity index (χ3n) is 5.72. The first-order valence-corrected chi connectivity index (χ1v) is 9.79. The number of aliphatic hydroxyl groups excluding tert-OH is 1. The number of alkyl halides is 3. The fourth-order valence-corrected chi connectivity index (χ4v) is 3.81. The molecule has 1 atom stereocenters. The lowest BCUT2D eigenvalue weighted by atomic mass is 9.79. The van der Waals surface area contributed by atoms with Crippen molar-refractivity contribution >= 4 is 17.8 Å². The molecule has 2 aromatic rings. The maximum absolute atomic E-state index is 12.9. The van der Waals surface area contributed by atoms with Crippen LogP contribution in [0.4, 0.5) is 24.7 Å². The molecular weight excluding hydrogens is 383 g/mol. The smallest absolute Gasteiger partial charge is 0.383 e. The molecular formula is C21H26F3N3O2. The second-order valence-corrected chi connectivity index (χ2v) is 8.19. The van der Waals surface area contributed by atoms with Crippen LogP contribution in [0.25, 0.3) is 0 Å². The van der Waals surface area contributed by atoms with Gasteiger partial charge in [-0.05, 0) is 30.5 Å². The van der Waals surface area contributed by atoms with E-state index in [1.165, 1.54) is 32.4 Å². The summed E-state index contributed by atoms with van der Waals surface area (Å²) >= 11 is 0. The summed E-state index contributed by atoms with van der Waals surface area (Å²) in [5, 5.41) is 17.3. The molecule has 0 saturated heterocycles. The fraction of sp³-hybridized carbons (Fsp3) is 0.524. The number of aldehydes is 1. The minimum absolute atomic E-state index is 0.282. The fourth-order valence-electron chi connectivity index (χ4n) is 3.81. The van der Waals surface area contributed by atoms with Crippen molar-refractivity contribution < 1.29 is 23.1 Å². The normalized spacial score (nSPS) is 17.2. The van der Waals surface area contributed by atoms with Crippen molar-refractivity contribution in [2.45, 2.75) is 69.7 Å². The molecule has 1 aliphatic rings. The van der Waals surface area contributed by atoms with Gasteiger partial charge >= 0.3 is 6.18 Å². The largest absolute Gasteiger partial charge is 0.415 e. The van der Waals surface area contributed by atoms with E-state index in [4.69, 9.17) is 0 Å².